The topological polar surface area (TPSA) is 84.2 Å². The van der Waals surface area contributed by atoms with Gasteiger partial charge in [-0.2, -0.15) is 0 Å². The summed E-state index contributed by atoms with van der Waals surface area (Å²) in [6.07, 6.45) is 0. The van der Waals surface area contributed by atoms with Crippen LogP contribution in [-0.2, 0) is 4.79 Å². The fourth-order valence-electron chi connectivity index (χ4n) is 2.45. The summed E-state index contributed by atoms with van der Waals surface area (Å²) in [6.45, 7) is 1.98. The predicted octanol–water partition coefficient (Wildman–Crippen LogP) is 2.20. The predicted molar refractivity (Wildman–Crippen MR) is 81.1 cm³/mol. The van der Waals surface area contributed by atoms with Crippen LogP contribution in [0.2, 0.25) is 0 Å². The molecule has 0 aromatic heterocycles. The Balaban J connectivity index is 1.92. The molecule has 2 aromatic rings. The van der Waals surface area contributed by atoms with Gasteiger partial charge in [-0.3, -0.25) is 9.59 Å². The lowest BCUT2D eigenvalue weighted by Gasteiger charge is -2.14. The van der Waals surface area contributed by atoms with Crippen molar-refractivity contribution in [1.82, 2.24) is 0 Å². The number of aryl methyl sites for hydroxylation is 1. The molecule has 1 atom stereocenters. The zero-order chi connectivity index (χ0) is 15.0. The Morgan fingerprint density at radius 1 is 1.24 bits per heavy atom. The van der Waals surface area contributed by atoms with Crippen molar-refractivity contribution in [2.45, 2.75) is 13.0 Å². The molecule has 0 radical (unpaired) electrons. The molecular weight excluding hydrogens is 266 g/mol. The Morgan fingerprint density at radius 3 is 2.81 bits per heavy atom. The molecule has 0 saturated heterocycles. The quantitative estimate of drug-likeness (QED) is 0.806. The SMILES string of the molecule is Cc1ccc2c(c1)C(Nc1cccc(C(N)=O)c1)C(=O)N2. The van der Waals surface area contributed by atoms with Crippen molar-refractivity contribution >= 4 is 23.2 Å². The number of benzene rings is 2. The van der Waals surface area contributed by atoms with Crippen LogP contribution < -0.4 is 16.4 Å². The molecule has 5 nitrogen and oxygen atoms in total. The summed E-state index contributed by atoms with van der Waals surface area (Å²) in [5, 5.41) is 5.99. The van der Waals surface area contributed by atoms with E-state index in [1.807, 2.05) is 25.1 Å². The van der Waals surface area contributed by atoms with E-state index >= 15 is 0 Å². The van der Waals surface area contributed by atoms with Gasteiger partial charge in [-0.25, -0.2) is 0 Å². The molecule has 5 heteroatoms. The van der Waals surface area contributed by atoms with E-state index in [-0.39, 0.29) is 5.91 Å². The Labute approximate surface area is 122 Å². The number of hydrogen-bond donors (Lipinski definition) is 3. The molecule has 106 valence electrons. The average molecular weight is 281 g/mol. The van der Waals surface area contributed by atoms with Gasteiger partial charge in [-0.05, 0) is 31.2 Å². The van der Waals surface area contributed by atoms with E-state index in [0.29, 0.717) is 11.3 Å². The minimum atomic E-state index is -0.495. The Bertz CT molecular complexity index is 740. The van der Waals surface area contributed by atoms with Crippen LogP contribution in [0.15, 0.2) is 42.5 Å². The van der Waals surface area contributed by atoms with E-state index in [9.17, 15) is 9.59 Å². The minimum absolute atomic E-state index is 0.111. The summed E-state index contributed by atoms with van der Waals surface area (Å²) in [5.74, 6) is -0.606. The molecule has 21 heavy (non-hydrogen) atoms. The van der Waals surface area contributed by atoms with Crippen LogP contribution >= 0.6 is 0 Å². The summed E-state index contributed by atoms with van der Waals surface area (Å²) in [6, 6.07) is 12.2. The first-order valence-corrected chi connectivity index (χ1v) is 6.62. The zero-order valence-electron chi connectivity index (χ0n) is 11.5. The zero-order valence-corrected chi connectivity index (χ0v) is 11.5. The van der Waals surface area contributed by atoms with Crippen LogP contribution in [0, 0.1) is 6.92 Å². The van der Waals surface area contributed by atoms with Crippen LogP contribution in [0.25, 0.3) is 0 Å². The largest absolute Gasteiger partial charge is 0.370 e. The summed E-state index contributed by atoms with van der Waals surface area (Å²) in [7, 11) is 0. The molecule has 0 fully saturated rings. The van der Waals surface area contributed by atoms with Crippen LogP contribution in [-0.4, -0.2) is 11.8 Å². The molecule has 0 spiro atoms. The number of nitrogens with one attached hydrogen (secondary N) is 2. The molecule has 4 N–H and O–H groups in total. The monoisotopic (exact) mass is 281 g/mol. The van der Waals surface area contributed by atoms with Crippen molar-refractivity contribution in [2.75, 3.05) is 10.6 Å². The lowest BCUT2D eigenvalue weighted by atomic mass is 10.0. The van der Waals surface area contributed by atoms with Crippen molar-refractivity contribution < 1.29 is 9.59 Å². The van der Waals surface area contributed by atoms with Crippen molar-refractivity contribution in [2.24, 2.45) is 5.73 Å². The number of rotatable bonds is 3. The first kappa shape index (κ1) is 13.2. The molecule has 0 bridgehead atoms. The molecule has 2 aromatic carbocycles. The fraction of sp³-hybridized carbons (Fsp3) is 0.125. The Hall–Kier alpha value is -2.82. The molecule has 1 aliphatic rings. The highest BCUT2D eigenvalue weighted by Gasteiger charge is 2.30. The van der Waals surface area contributed by atoms with Crippen molar-refractivity contribution in [1.29, 1.82) is 0 Å². The number of hydrogen-bond acceptors (Lipinski definition) is 3. The number of carbonyl (C=O) groups excluding carboxylic acids is 2. The van der Waals surface area contributed by atoms with Crippen LogP contribution in [0.5, 0.6) is 0 Å². The molecule has 3 rings (SSSR count). The molecule has 1 aliphatic heterocycles. The normalized spacial score (nSPS) is 16.2. The third kappa shape index (κ3) is 2.45. The Kier molecular flexibility index (Phi) is 3.10. The maximum atomic E-state index is 12.1. The van der Waals surface area contributed by atoms with Gasteiger partial charge in [-0.1, -0.05) is 23.8 Å². The third-order valence-corrected chi connectivity index (χ3v) is 3.50. The van der Waals surface area contributed by atoms with E-state index in [1.165, 1.54) is 0 Å². The highest BCUT2D eigenvalue weighted by Crippen LogP contribution is 2.33. The second kappa shape index (κ2) is 4.94. The fourth-order valence-corrected chi connectivity index (χ4v) is 2.45. The highest BCUT2D eigenvalue weighted by molar-refractivity contribution is 6.04. The van der Waals surface area contributed by atoms with E-state index in [4.69, 9.17) is 5.73 Å². The third-order valence-electron chi connectivity index (χ3n) is 3.50. The van der Waals surface area contributed by atoms with Gasteiger partial charge in [0.15, 0.2) is 0 Å². The lowest BCUT2D eigenvalue weighted by Crippen LogP contribution is -2.20. The number of anilines is 2. The van der Waals surface area contributed by atoms with Crippen LogP contribution in [0.1, 0.15) is 27.5 Å². The number of primary amides is 1. The smallest absolute Gasteiger partial charge is 0.251 e. The standard InChI is InChI=1S/C16H15N3O2/c1-9-5-6-13-12(7-9)14(16(21)19-13)18-11-4-2-3-10(8-11)15(17)20/h2-8,14,18H,1H3,(H2,17,20)(H,19,21). The molecule has 1 unspecified atom stereocenters. The van der Waals surface area contributed by atoms with Gasteiger partial charge in [-0.15, -0.1) is 0 Å². The molecule has 0 aliphatic carbocycles. The lowest BCUT2D eigenvalue weighted by molar-refractivity contribution is -0.116. The second-order valence-corrected chi connectivity index (χ2v) is 5.10. The molecule has 0 saturated carbocycles. The van der Waals surface area contributed by atoms with Gasteiger partial charge in [0, 0.05) is 22.5 Å². The summed E-state index contributed by atoms with van der Waals surface area (Å²) >= 11 is 0. The van der Waals surface area contributed by atoms with Crippen LogP contribution in [0.4, 0.5) is 11.4 Å². The van der Waals surface area contributed by atoms with Gasteiger partial charge < -0.3 is 16.4 Å². The molecule has 2 amide bonds. The molecule has 1 heterocycles. The Morgan fingerprint density at radius 2 is 2.05 bits per heavy atom. The summed E-state index contributed by atoms with van der Waals surface area (Å²) < 4.78 is 0. The maximum absolute atomic E-state index is 12.1. The van der Waals surface area contributed by atoms with E-state index in [0.717, 1.165) is 16.8 Å². The van der Waals surface area contributed by atoms with Crippen molar-refractivity contribution in [3.05, 3.63) is 59.2 Å². The van der Waals surface area contributed by atoms with Crippen LogP contribution in [0.3, 0.4) is 0 Å². The molecular formula is C16H15N3O2. The number of carbonyl (C=O) groups is 2. The van der Waals surface area contributed by atoms with Gasteiger partial charge in [0.05, 0.1) is 0 Å². The van der Waals surface area contributed by atoms with E-state index < -0.39 is 11.9 Å². The van der Waals surface area contributed by atoms with Crippen molar-refractivity contribution in [3.8, 4) is 0 Å². The maximum Gasteiger partial charge on any atom is 0.251 e. The van der Waals surface area contributed by atoms with Gasteiger partial charge in [0.25, 0.3) is 5.91 Å². The first-order valence-electron chi connectivity index (χ1n) is 6.62. The number of fused-ring (bicyclic) bond motifs is 1. The van der Waals surface area contributed by atoms with Gasteiger partial charge in [0.1, 0.15) is 6.04 Å². The second-order valence-electron chi connectivity index (χ2n) is 5.10. The minimum Gasteiger partial charge on any atom is -0.370 e. The number of nitrogens with two attached hydrogens (primary N) is 1. The highest BCUT2D eigenvalue weighted by atomic mass is 16.2. The van der Waals surface area contributed by atoms with Crippen molar-refractivity contribution in [3.63, 3.8) is 0 Å². The number of amides is 2. The van der Waals surface area contributed by atoms with E-state index in [2.05, 4.69) is 10.6 Å². The van der Waals surface area contributed by atoms with Gasteiger partial charge >= 0.3 is 0 Å². The first-order chi connectivity index (χ1) is 10.0. The summed E-state index contributed by atoms with van der Waals surface area (Å²) in [5.41, 5.74) is 9.16. The summed E-state index contributed by atoms with van der Waals surface area (Å²) in [4.78, 5) is 23.3. The average Bonchev–Trinajstić information content (AvgIpc) is 2.75. The van der Waals surface area contributed by atoms with Gasteiger partial charge in [0.2, 0.25) is 5.91 Å². The van der Waals surface area contributed by atoms with E-state index in [1.54, 1.807) is 24.3 Å².